The average Bonchev–Trinajstić information content (AvgIpc) is 3.25. The summed E-state index contributed by atoms with van der Waals surface area (Å²) >= 11 is 0. The van der Waals surface area contributed by atoms with Gasteiger partial charge in [-0.25, -0.2) is 4.79 Å². The standard InChI is InChI=1S/C18H21N3O2/c1-2-13-23-17-7-5-15(6-8-17)19-18(22)21-12-9-16(14-21)20-10-3-4-11-20/h1,3-8,16H,9-14H2,(H,19,22)/t16-/m0/s1. The summed E-state index contributed by atoms with van der Waals surface area (Å²) in [6, 6.07) is 7.67. The van der Waals surface area contributed by atoms with E-state index in [0.29, 0.717) is 11.8 Å². The van der Waals surface area contributed by atoms with Crippen LogP contribution in [0.3, 0.4) is 0 Å². The van der Waals surface area contributed by atoms with Crippen molar-refractivity contribution < 1.29 is 9.53 Å². The first-order valence-corrected chi connectivity index (χ1v) is 7.87. The van der Waals surface area contributed by atoms with E-state index >= 15 is 0 Å². The Morgan fingerprint density at radius 1 is 1.30 bits per heavy atom. The maximum atomic E-state index is 12.4. The van der Waals surface area contributed by atoms with Crippen LogP contribution in [0.2, 0.25) is 0 Å². The predicted molar refractivity (Wildman–Crippen MR) is 90.5 cm³/mol. The van der Waals surface area contributed by atoms with Crippen molar-refractivity contribution in [2.45, 2.75) is 12.5 Å². The van der Waals surface area contributed by atoms with E-state index in [1.54, 1.807) is 12.1 Å². The Morgan fingerprint density at radius 2 is 2.04 bits per heavy atom. The summed E-state index contributed by atoms with van der Waals surface area (Å²) in [6.45, 7) is 3.83. The normalized spacial score (nSPS) is 20.5. The van der Waals surface area contributed by atoms with Gasteiger partial charge in [0.2, 0.25) is 0 Å². The van der Waals surface area contributed by atoms with Gasteiger partial charge in [-0.2, -0.15) is 0 Å². The fraction of sp³-hybridized carbons (Fsp3) is 0.389. The molecule has 2 aliphatic heterocycles. The average molecular weight is 311 g/mol. The molecule has 5 heteroatoms. The first kappa shape index (κ1) is 15.4. The van der Waals surface area contributed by atoms with E-state index in [4.69, 9.17) is 11.2 Å². The molecule has 1 saturated heterocycles. The van der Waals surface area contributed by atoms with Crippen LogP contribution in [-0.4, -0.2) is 54.7 Å². The van der Waals surface area contributed by atoms with Gasteiger partial charge in [-0.3, -0.25) is 4.90 Å². The Labute approximate surface area is 136 Å². The molecule has 120 valence electrons. The highest BCUT2D eigenvalue weighted by Gasteiger charge is 2.30. The Balaban J connectivity index is 1.50. The Morgan fingerprint density at radius 3 is 2.74 bits per heavy atom. The molecule has 1 N–H and O–H groups in total. The number of amides is 2. The summed E-state index contributed by atoms with van der Waals surface area (Å²) in [5.74, 6) is 3.12. The number of urea groups is 1. The van der Waals surface area contributed by atoms with Gasteiger partial charge in [-0.1, -0.05) is 18.1 Å². The number of hydrogen-bond donors (Lipinski definition) is 1. The van der Waals surface area contributed by atoms with Gasteiger partial charge in [0.15, 0.2) is 0 Å². The van der Waals surface area contributed by atoms with Crippen LogP contribution >= 0.6 is 0 Å². The molecule has 0 saturated carbocycles. The largest absolute Gasteiger partial charge is 0.481 e. The smallest absolute Gasteiger partial charge is 0.321 e. The predicted octanol–water partition coefficient (Wildman–Crippen LogP) is 2.18. The Hall–Kier alpha value is -2.45. The van der Waals surface area contributed by atoms with Crippen LogP contribution < -0.4 is 10.1 Å². The van der Waals surface area contributed by atoms with Crippen molar-refractivity contribution in [2.24, 2.45) is 0 Å². The molecule has 0 bridgehead atoms. The molecule has 5 nitrogen and oxygen atoms in total. The molecular weight excluding hydrogens is 290 g/mol. The number of rotatable bonds is 4. The number of anilines is 1. The van der Waals surface area contributed by atoms with Crippen molar-refractivity contribution in [1.82, 2.24) is 9.80 Å². The maximum Gasteiger partial charge on any atom is 0.321 e. The van der Waals surface area contributed by atoms with Gasteiger partial charge in [-0.15, -0.1) is 6.42 Å². The van der Waals surface area contributed by atoms with Crippen LogP contribution in [0.15, 0.2) is 36.4 Å². The fourth-order valence-electron chi connectivity index (χ4n) is 2.98. The van der Waals surface area contributed by atoms with Crippen molar-refractivity contribution in [3.63, 3.8) is 0 Å². The molecule has 0 aromatic heterocycles. The van der Waals surface area contributed by atoms with E-state index in [-0.39, 0.29) is 12.6 Å². The lowest BCUT2D eigenvalue weighted by Crippen LogP contribution is -2.38. The molecule has 1 atom stereocenters. The van der Waals surface area contributed by atoms with Crippen LogP contribution in [0.5, 0.6) is 5.75 Å². The number of carbonyl (C=O) groups excluding carboxylic acids is 1. The quantitative estimate of drug-likeness (QED) is 0.685. The number of nitrogens with one attached hydrogen (secondary N) is 1. The van der Waals surface area contributed by atoms with Crippen LogP contribution in [0.4, 0.5) is 10.5 Å². The minimum Gasteiger partial charge on any atom is -0.481 e. The van der Waals surface area contributed by atoms with E-state index in [2.05, 4.69) is 28.3 Å². The van der Waals surface area contributed by atoms with Crippen molar-refractivity contribution >= 4 is 11.7 Å². The van der Waals surface area contributed by atoms with Crippen molar-refractivity contribution in [2.75, 3.05) is 38.1 Å². The van der Waals surface area contributed by atoms with Crippen LogP contribution in [0.1, 0.15) is 6.42 Å². The van der Waals surface area contributed by atoms with E-state index in [9.17, 15) is 4.79 Å². The molecule has 0 aliphatic carbocycles. The lowest BCUT2D eigenvalue weighted by molar-refractivity contribution is 0.212. The van der Waals surface area contributed by atoms with Gasteiger partial charge < -0.3 is 15.0 Å². The molecule has 2 aliphatic rings. The van der Waals surface area contributed by atoms with Gasteiger partial charge in [0.25, 0.3) is 0 Å². The Kier molecular flexibility index (Phi) is 4.84. The number of benzene rings is 1. The van der Waals surface area contributed by atoms with E-state index in [0.717, 1.165) is 38.3 Å². The highest BCUT2D eigenvalue weighted by molar-refractivity contribution is 5.89. The van der Waals surface area contributed by atoms with Crippen LogP contribution in [0, 0.1) is 12.3 Å². The minimum atomic E-state index is -0.0445. The third-order valence-corrected chi connectivity index (χ3v) is 4.24. The first-order chi connectivity index (χ1) is 11.3. The third kappa shape index (κ3) is 3.85. The SMILES string of the molecule is C#CCOc1ccc(NC(=O)N2CC[C@H](N3CC=CC3)C2)cc1. The second-order valence-corrected chi connectivity index (χ2v) is 5.76. The zero-order valence-corrected chi connectivity index (χ0v) is 13.1. The van der Waals surface area contributed by atoms with Crippen molar-refractivity contribution in [3.8, 4) is 18.1 Å². The number of hydrogen-bond acceptors (Lipinski definition) is 3. The van der Waals surface area contributed by atoms with Crippen molar-refractivity contribution in [1.29, 1.82) is 0 Å². The fourth-order valence-corrected chi connectivity index (χ4v) is 2.98. The monoisotopic (exact) mass is 311 g/mol. The number of nitrogens with zero attached hydrogens (tertiary/aromatic N) is 2. The zero-order valence-electron chi connectivity index (χ0n) is 13.1. The molecule has 0 unspecified atom stereocenters. The molecular formula is C18H21N3O2. The van der Waals surface area contributed by atoms with Crippen LogP contribution in [-0.2, 0) is 0 Å². The molecule has 0 spiro atoms. The topological polar surface area (TPSA) is 44.8 Å². The van der Waals surface area contributed by atoms with Crippen molar-refractivity contribution in [3.05, 3.63) is 36.4 Å². The molecule has 2 heterocycles. The van der Waals surface area contributed by atoms with Gasteiger partial charge in [0.05, 0.1) is 0 Å². The lowest BCUT2D eigenvalue weighted by atomic mass is 10.2. The number of carbonyl (C=O) groups is 1. The first-order valence-electron chi connectivity index (χ1n) is 7.87. The molecule has 1 fully saturated rings. The highest BCUT2D eigenvalue weighted by Crippen LogP contribution is 2.20. The van der Waals surface area contributed by atoms with E-state index in [1.165, 1.54) is 0 Å². The molecule has 1 aromatic carbocycles. The zero-order chi connectivity index (χ0) is 16.1. The van der Waals surface area contributed by atoms with E-state index < -0.39 is 0 Å². The highest BCUT2D eigenvalue weighted by atomic mass is 16.5. The number of ether oxygens (including phenoxy) is 1. The number of likely N-dealkylation sites (tertiary alicyclic amines) is 1. The summed E-state index contributed by atoms with van der Waals surface area (Å²) in [4.78, 5) is 16.6. The molecule has 3 rings (SSSR count). The van der Waals surface area contributed by atoms with E-state index in [1.807, 2.05) is 17.0 Å². The van der Waals surface area contributed by atoms with Gasteiger partial charge >= 0.3 is 6.03 Å². The van der Waals surface area contributed by atoms with Gasteiger partial charge in [0.1, 0.15) is 12.4 Å². The third-order valence-electron chi connectivity index (χ3n) is 4.24. The number of terminal acetylenes is 1. The van der Waals surface area contributed by atoms with Gasteiger partial charge in [-0.05, 0) is 30.7 Å². The maximum absolute atomic E-state index is 12.4. The summed E-state index contributed by atoms with van der Waals surface area (Å²) in [7, 11) is 0. The summed E-state index contributed by atoms with van der Waals surface area (Å²) < 4.78 is 5.32. The second-order valence-electron chi connectivity index (χ2n) is 5.76. The Bertz CT molecular complexity index is 610. The summed E-state index contributed by atoms with van der Waals surface area (Å²) in [6.07, 6.45) is 10.6. The molecule has 0 radical (unpaired) electrons. The lowest BCUT2D eigenvalue weighted by Gasteiger charge is -2.23. The van der Waals surface area contributed by atoms with Crippen LogP contribution in [0.25, 0.3) is 0 Å². The minimum absolute atomic E-state index is 0.0445. The molecule has 23 heavy (non-hydrogen) atoms. The van der Waals surface area contributed by atoms with Gasteiger partial charge in [0, 0.05) is 37.9 Å². The molecule has 1 aromatic rings. The summed E-state index contributed by atoms with van der Waals surface area (Å²) in [5, 5.41) is 2.94. The molecule has 2 amide bonds. The second kappa shape index (κ2) is 7.21. The summed E-state index contributed by atoms with van der Waals surface area (Å²) in [5.41, 5.74) is 0.759.